The van der Waals surface area contributed by atoms with Gasteiger partial charge in [-0.25, -0.2) is 0 Å². The molecule has 2 aromatic rings. The van der Waals surface area contributed by atoms with Crippen LogP contribution in [0.15, 0.2) is 53.0 Å². The maximum Gasteiger partial charge on any atom is 0.251 e. The van der Waals surface area contributed by atoms with Crippen LogP contribution in [0.5, 0.6) is 0 Å². The van der Waals surface area contributed by atoms with Crippen molar-refractivity contribution in [2.45, 2.75) is 12.3 Å². The molecule has 0 bridgehead atoms. The molecule has 4 heteroatoms. The third-order valence-corrected chi connectivity index (χ3v) is 4.30. The van der Waals surface area contributed by atoms with E-state index < -0.39 is 0 Å². The molecule has 0 spiro atoms. The van der Waals surface area contributed by atoms with E-state index in [0.29, 0.717) is 12.1 Å². The highest BCUT2D eigenvalue weighted by Crippen LogP contribution is 2.20. The molecule has 0 aliphatic heterocycles. The normalized spacial score (nSPS) is 11.9. The molecular weight excluding hydrogens is 338 g/mol. The van der Waals surface area contributed by atoms with Crippen LogP contribution < -0.4 is 5.32 Å². The number of hydrogen-bond acceptors (Lipinski definition) is 1. The molecule has 2 aromatic carbocycles. The fourth-order valence-electron chi connectivity index (χ4n) is 1.80. The second-order valence-electron chi connectivity index (χ2n) is 4.55. The van der Waals surface area contributed by atoms with Crippen molar-refractivity contribution in [3.05, 3.63) is 69.7 Å². The van der Waals surface area contributed by atoms with Gasteiger partial charge in [0.15, 0.2) is 0 Å². The Bertz CT molecular complexity index is 601. The van der Waals surface area contributed by atoms with Gasteiger partial charge >= 0.3 is 0 Å². The Morgan fingerprint density at radius 1 is 1.25 bits per heavy atom. The molecule has 0 saturated heterocycles. The largest absolute Gasteiger partial charge is 0.350 e. The summed E-state index contributed by atoms with van der Waals surface area (Å²) in [4.78, 5) is 12.1. The SMILES string of the molecule is Cc1ccc(C(=O)NCC(Cl)c2ccccc2)cc1Br. The fraction of sp³-hybridized carbons (Fsp3) is 0.188. The van der Waals surface area contributed by atoms with Crippen LogP contribution in [0, 0.1) is 6.92 Å². The van der Waals surface area contributed by atoms with Gasteiger partial charge in [-0.05, 0) is 30.2 Å². The van der Waals surface area contributed by atoms with Crippen molar-refractivity contribution in [2.24, 2.45) is 0 Å². The Morgan fingerprint density at radius 2 is 1.95 bits per heavy atom. The van der Waals surface area contributed by atoms with Crippen LogP contribution in [0.3, 0.4) is 0 Å². The highest BCUT2D eigenvalue weighted by Gasteiger charge is 2.11. The first-order valence-electron chi connectivity index (χ1n) is 6.31. The summed E-state index contributed by atoms with van der Waals surface area (Å²) in [7, 11) is 0. The average Bonchev–Trinajstić information content (AvgIpc) is 2.48. The van der Waals surface area contributed by atoms with E-state index in [4.69, 9.17) is 11.6 Å². The maximum atomic E-state index is 12.1. The number of hydrogen-bond donors (Lipinski definition) is 1. The van der Waals surface area contributed by atoms with Crippen molar-refractivity contribution in [1.82, 2.24) is 5.32 Å². The highest BCUT2D eigenvalue weighted by atomic mass is 79.9. The maximum absolute atomic E-state index is 12.1. The number of benzene rings is 2. The molecule has 2 nitrogen and oxygen atoms in total. The Balaban J connectivity index is 1.97. The molecule has 2 rings (SSSR count). The third kappa shape index (κ3) is 3.84. The van der Waals surface area contributed by atoms with Crippen molar-refractivity contribution in [3.8, 4) is 0 Å². The van der Waals surface area contributed by atoms with Crippen molar-refractivity contribution in [1.29, 1.82) is 0 Å². The van der Waals surface area contributed by atoms with Crippen LogP contribution in [0.25, 0.3) is 0 Å². The van der Waals surface area contributed by atoms with Crippen LogP contribution in [-0.2, 0) is 0 Å². The Hall–Kier alpha value is -1.32. The molecule has 0 fully saturated rings. The second-order valence-corrected chi connectivity index (χ2v) is 5.93. The lowest BCUT2D eigenvalue weighted by molar-refractivity contribution is 0.0953. The standard InChI is InChI=1S/C16H15BrClNO/c1-11-7-8-13(9-14(11)17)16(20)19-10-15(18)12-5-3-2-4-6-12/h2-9,15H,10H2,1H3,(H,19,20). The van der Waals surface area contributed by atoms with Crippen LogP contribution in [0.2, 0.25) is 0 Å². The predicted molar refractivity (Wildman–Crippen MR) is 86.2 cm³/mol. The molecule has 0 saturated carbocycles. The minimum Gasteiger partial charge on any atom is -0.350 e. The lowest BCUT2D eigenvalue weighted by atomic mass is 10.1. The number of rotatable bonds is 4. The van der Waals surface area contributed by atoms with Crippen LogP contribution in [0.1, 0.15) is 26.9 Å². The highest BCUT2D eigenvalue weighted by molar-refractivity contribution is 9.10. The predicted octanol–water partition coefficient (Wildman–Crippen LogP) is 4.47. The molecule has 1 N–H and O–H groups in total. The summed E-state index contributed by atoms with van der Waals surface area (Å²) in [6.07, 6.45) is 0. The van der Waals surface area contributed by atoms with E-state index in [1.54, 1.807) is 6.07 Å². The molecule has 0 heterocycles. The lowest BCUT2D eigenvalue weighted by Crippen LogP contribution is -2.26. The summed E-state index contributed by atoms with van der Waals surface area (Å²) in [5.41, 5.74) is 2.72. The first kappa shape index (κ1) is 15.1. The zero-order valence-corrected chi connectivity index (χ0v) is 13.4. The second kappa shape index (κ2) is 6.91. The van der Waals surface area contributed by atoms with Crippen LogP contribution in [-0.4, -0.2) is 12.5 Å². The Morgan fingerprint density at radius 3 is 2.60 bits per heavy atom. The van der Waals surface area contributed by atoms with E-state index in [1.165, 1.54) is 0 Å². The zero-order valence-electron chi connectivity index (χ0n) is 11.1. The average molecular weight is 353 g/mol. The van der Waals surface area contributed by atoms with Gasteiger partial charge < -0.3 is 5.32 Å². The lowest BCUT2D eigenvalue weighted by Gasteiger charge is -2.11. The molecule has 1 unspecified atom stereocenters. The molecule has 0 radical (unpaired) electrons. The summed E-state index contributed by atoms with van der Waals surface area (Å²) in [5, 5.41) is 2.62. The van der Waals surface area contributed by atoms with Gasteiger partial charge in [0.1, 0.15) is 0 Å². The molecular formula is C16H15BrClNO. The van der Waals surface area contributed by atoms with Gasteiger partial charge in [-0.1, -0.05) is 52.3 Å². The number of alkyl halides is 1. The quantitative estimate of drug-likeness (QED) is 0.808. The molecule has 104 valence electrons. The fourth-order valence-corrected chi connectivity index (χ4v) is 2.40. The van der Waals surface area contributed by atoms with E-state index in [-0.39, 0.29) is 11.3 Å². The van der Waals surface area contributed by atoms with Crippen molar-refractivity contribution >= 4 is 33.4 Å². The van der Waals surface area contributed by atoms with E-state index in [1.807, 2.05) is 49.4 Å². The van der Waals surface area contributed by atoms with Gasteiger partial charge in [0.2, 0.25) is 0 Å². The van der Waals surface area contributed by atoms with Gasteiger partial charge in [0.25, 0.3) is 5.91 Å². The van der Waals surface area contributed by atoms with E-state index in [2.05, 4.69) is 21.2 Å². The first-order valence-corrected chi connectivity index (χ1v) is 7.54. The van der Waals surface area contributed by atoms with Gasteiger partial charge in [0.05, 0.1) is 5.38 Å². The number of amides is 1. The van der Waals surface area contributed by atoms with E-state index >= 15 is 0 Å². The summed E-state index contributed by atoms with van der Waals surface area (Å²) >= 11 is 9.70. The number of carbonyl (C=O) groups is 1. The number of aryl methyl sites for hydroxylation is 1. The smallest absolute Gasteiger partial charge is 0.251 e. The minimum atomic E-state index is -0.228. The first-order chi connectivity index (χ1) is 9.58. The Labute approximate surface area is 132 Å². The molecule has 1 amide bonds. The van der Waals surface area contributed by atoms with Crippen molar-refractivity contribution in [2.75, 3.05) is 6.54 Å². The Kier molecular flexibility index (Phi) is 5.21. The van der Waals surface area contributed by atoms with E-state index in [9.17, 15) is 4.79 Å². The van der Waals surface area contributed by atoms with Gasteiger partial charge in [0, 0.05) is 16.6 Å². The monoisotopic (exact) mass is 351 g/mol. The summed E-state index contributed by atoms with van der Waals surface area (Å²) in [5.74, 6) is -0.118. The summed E-state index contributed by atoms with van der Waals surface area (Å²) < 4.78 is 0.927. The topological polar surface area (TPSA) is 29.1 Å². The number of carbonyl (C=O) groups excluding carboxylic acids is 1. The number of nitrogens with one attached hydrogen (secondary N) is 1. The molecule has 1 atom stereocenters. The van der Waals surface area contributed by atoms with Crippen LogP contribution >= 0.6 is 27.5 Å². The van der Waals surface area contributed by atoms with Crippen molar-refractivity contribution in [3.63, 3.8) is 0 Å². The minimum absolute atomic E-state index is 0.118. The molecule has 0 aliphatic carbocycles. The molecule has 0 aromatic heterocycles. The summed E-state index contributed by atoms with van der Waals surface area (Å²) in [6, 6.07) is 15.2. The summed E-state index contributed by atoms with van der Waals surface area (Å²) in [6.45, 7) is 2.38. The van der Waals surface area contributed by atoms with Gasteiger partial charge in [-0.2, -0.15) is 0 Å². The molecule has 0 aliphatic rings. The van der Waals surface area contributed by atoms with E-state index in [0.717, 1.165) is 15.6 Å². The van der Waals surface area contributed by atoms with Crippen LogP contribution in [0.4, 0.5) is 0 Å². The third-order valence-electron chi connectivity index (χ3n) is 3.04. The number of halogens is 2. The zero-order chi connectivity index (χ0) is 14.5. The van der Waals surface area contributed by atoms with Gasteiger partial charge in [-0.15, -0.1) is 11.6 Å². The molecule has 20 heavy (non-hydrogen) atoms. The van der Waals surface area contributed by atoms with Crippen molar-refractivity contribution < 1.29 is 4.79 Å². The van der Waals surface area contributed by atoms with Gasteiger partial charge in [-0.3, -0.25) is 4.79 Å².